The predicted molar refractivity (Wildman–Crippen MR) is 50.3 cm³/mol. The number of nitrogens with two attached hydrogens (primary N) is 1. The number of carbonyl (C=O) groups is 1. The first-order valence-corrected chi connectivity index (χ1v) is 4.32. The van der Waals surface area contributed by atoms with Crippen LogP contribution in [-0.4, -0.2) is 15.6 Å². The number of aliphatic carboxylic acids is 1. The fraction of sp³-hybridized carbons (Fsp3) is 0.444. The van der Waals surface area contributed by atoms with Crippen molar-refractivity contribution in [3.63, 3.8) is 0 Å². The van der Waals surface area contributed by atoms with Crippen LogP contribution in [0.3, 0.4) is 0 Å². The molecule has 3 N–H and O–H groups in total. The molecule has 1 heterocycles. The number of unbranched alkanes of at least 4 members (excludes halogenated alkanes) is 1. The Morgan fingerprint density at radius 2 is 2.31 bits per heavy atom. The van der Waals surface area contributed by atoms with Gasteiger partial charge in [-0.2, -0.15) is 0 Å². The van der Waals surface area contributed by atoms with Crippen molar-refractivity contribution in [3.8, 4) is 0 Å². The van der Waals surface area contributed by atoms with E-state index in [1.807, 2.05) is 22.9 Å². The number of nitrogen functional groups attached to an aromatic ring is 1. The highest BCUT2D eigenvalue weighted by atomic mass is 16.4. The molecule has 0 aliphatic rings. The van der Waals surface area contributed by atoms with Gasteiger partial charge in [0.15, 0.2) is 0 Å². The molecule has 4 nitrogen and oxygen atoms in total. The van der Waals surface area contributed by atoms with Crippen molar-refractivity contribution >= 4 is 11.8 Å². The van der Waals surface area contributed by atoms with E-state index in [9.17, 15) is 4.79 Å². The standard InChI is InChI=1S/C9H14N2O2/c10-8-4-3-7-11(8)6-2-1-5-9(12)13/h3-4,7H,1-2,5-6,10H2,(H,12,13). The van der Waals surface area contributed by atoms with Gasteiger partial charge in [-0.15, -0.1) is 0 Å². The average molecular weight is 182 g/mol. The molecule has 0 amide bonds. The molecular formula is C9H14N2O2. The van der Waals surface area contributed by atoms with E-state index in [0.29, 0.717) is 6.42 Å². The minimum atomic E-state index is -0.736. The summed E-state index contributed by atoms with van der Waals surface area (Å²) in [4.78, 5) is 10.2. The summed E-state index contributed by atoms with van der Waals surface area (Å²) < 4.78 is 1.92. The van der Waals surface area contributed by atoms with Crippen LogP contribution in [0.25, 0.3) is 0 Å². The van der Waals surface area contributed by atoms with Crippen molar-refractivity contribution < 1.29 is 9.90 Å². The molecule has 0 aliphatic carbocycles. The van der Waals surface area contributed by atoms with Crippen molar-refractivity contribution in [1.29, 1.82) is 0 Å². The summed E-state index contributed by atoms with van der Waals surface area (Å²) in [5.41, 5.74) is 5.63. The molecule has 1 rings (SSSR count). The number of hydrogen-bond donors (Lipinski definition) is 2. The second-order valence-electron chi connectivity index (χ2n) is 2.98. The van der Waals surface area contributed by atoms with Gasteiger partial charge in [0.05, 0.1) is 0 Å². The molecule has 0 aromatic carbocycles. The Bertz CT molecular complexity index is 281. The van der Waals surface area contributed by atoms with Crippen LogP contribution >= 0.6 is 0 Å². The van der Waals surface area contributed by atoms with Crippen molar-refractivity contribution in [3.05, 3.63) is 18.3 Å². The van der Waals surface area contributed by atoms with E-state index in [2.05, 4.69) is 0 Å². The first-order chi connectivity index (χ1) is 6.20. The van der Waals surface area contributed by atoms with Crippen molar-refractivity contribution in [2.45, 2.75) is 25.8 Å². The highest BCUT2D eigenvalue weighted by Gasteiger charge is 1.98. The summed E-state index contributed by atoms with van der Waals surface area (Å²) in [6.07, 6.45) is 3.69. The molecule has 0 aliphatic heterocycles. The van der Waals surface area contributed by atoms with Gasteiger partial charge in [0, 0.05) is 19.2 Å². The maximum absolute atomic E-state index is 10.2. The van der Waals surface area contributed by atoms with Crippen LogP contribution in [0.4, 0.5) is 5.82 Å². The van der Waals surface area contributed by atoms with E-state index in [0.717, 1.165) is 18.8 Å². The quantitative estimate of drug-likeness (QED) is 0.675. The molecule has 0 atom stereocenters. The molecule has 0 fully saturated rings. The molecule has 1 aromatic heterocycles. The lowest BCUT2D eigenvalue weighted by Gasteiger charge is -2.03. The second kappa shape index (κ2) is 4.54. The predicted octanol–water partition coefficient (Wildman–Crippen LogP) is 1.33. The first-order valence-electron chi connectivity index (χ1n) is 4.32. The molecule has 0 spiro atoms. The van der Waals surface area contributed by atoms with Crippen LogP contribution < -0.4 is 5.73 Å². The van der Waals surface area contributed by atoms with Gasteiger partial charge in [0.2, 0.25) is 0 Å². The molecule has 72 valence electrons. The normalized spacial score (nSPS) is 10.2. The number of aromatic nitrogens is 1. The zero-order chi connectivity index (χ0) is 9.68. The van der Waals surface area contributed by atoms with Crippen LogP contribution in [0.1, 0.15) is 19.3 Å². The number of carboxylic acid groups (broad SMARTS) is 1. The summed E-state index contributed by atoms with van der Waals surface area (Å²) in [5, 5.41) is 8.39. The van der Waals surface area contributed by atoms with Crippen LogP contribution in [0.2, 0.25) is 0 Å². The lowest BCUT2D eigenvalue weighted by atomic mass is 10.2. The van der Waals surface area contributed by atoms with Gasteiger partial charge in [0.25, 0.3) is 0 Å². The van der Waals surface area contributed by atoms with Gasteiger partial charge >= 0.3 is 5.97 Å². The summed E-state index contributed by atoms with van der Waals surface area (Å²) >= 11 is 0. The smallest absolute Gasteiger partial charge is 0.303 e. The monoisotopic (exact) mass is 182 g/mol. The second-order valence-corrected chi connectivity index (χ2v) is 2.98. The minimum Gasteiger partial charge on any atom is -0.481 e. The number of rotatable bonds is 5. The number of aryl methyl sites for hydroxylation is 1. The Morgan fingerprint density at radius 1 is 1.54 bits per heavy atom. The van der Waals surface area contributed by atoms with E-state index in [1.165, 1.54) is 0 Å². The van der Waals surface area contributed by atoms with Gasteiger partial charge in [-0.25, -0.2) is 0 Å². The highest BCUT2D eigenvalue weighted by Crippen LogP contribution is 2.06. The van der Waals surface area contributed by atoms with Crippen molar-refractivity contribution in [2.75, 3.05) is 5.73 Å². The highest BCUT2D eigenvalue weighted by molar-refractivity contribution is 5.66. The van der Waals surface area contributed by atoms with Gasteiger partial charge in [0.1, 0.15) is 5.82 Å². The number of carboxylic acids is 1. The maximum Gasteiger partial charge on any atom is 0.303 e. The van der Waals surface area contributed by atoms with Gasteiger partial charge < -0.3 is 15.4 Å². The average Bonchev–Trinajstić information content (AvgIpc) is 2.45. The van der Waals surface area contributed by atoms with E-state index in [1.54, 1.807) is 0 Å². The molecule has 0 radical (unpaired) electrons. The minimum absolute atomic E-state index is 0.237. The summed E-state index contributed by atoms with van der Waals surface area (Å²) in [7, 11) is 0. The number of nitrogens with zero attached hydrogens (tertiary/aromatic N) is 1. The summed E-state index contributed by atoms with van der Waals surface area (Å²) in [6, 6.07) is 3.71. The third kappa shape index (κ3) is 3.19. The van der Waals surface area contributed by atoms with Crippen LogP contribution in [0, 0.1) is 0 Å². The van der Waals surface area contributed by atoms with E-state index < -0.39 is 5.97 Å². The molecule has 0 unspecified atom stereocenters. The van der Waals surface area contributed by atoms with Crippen molar-refractivity contribution in [2.24, 2.45) is 0 Å². The Hall–Kier alpha value is -1.45. The lowest BCUT2D eigenvalue weighted by molar-refractivity contribution is -0.137. The molecule has 1 aromatic rings. The zero-order valence-corrected chi connectivity index (χ0v) is 7.44. The topological polar surface area (TPSA) is 68.2 Å². The summed E-state index contributed by atoms with van der Waals surface area (Å²) in [6.45, 7) is 0.798. The molecule has 4 heteroatoms. The number of anilines is 1. The van der Waals surface area contributed by atoms with Gasteiger partial charge in [-0.3, -0.25) is 4.79 Å². The van der Waals surface area contributed by atoms with Gasteiger partial charge in [-0.05, 0) is 25.0 Å². The summed E-state index contributed by atoms with van der Waals surface area (Å²) in [5.74, 6) is -0.00389. The third-order valence-electron chi connectivity index (χ3n) is 1.90. The largest absolute Gasteiger partial charge is 0.481 e. The molecule has 13 heavy (non-hydrogen) atoms. The molecular weight excluding hydrogens is 168 g/mol. The first kappa shape index (κ1) is 9.64. The maximum atomic E-state index is 10.2. The third-order valence-corrected chi connectivity index (χ3v) is 1.90. The molecule has 0 saturated carbocycles. The van der Waals surface area contributed by atoms with E-state index >= 15 is 0 Å². The Morgan fingerprint density at radius 3 is 2.85 bits per heavy atom. The lowest BCUT2D eigenvalue weighted by Crippen LogP contribution is -2.02. The van der Waals surface area contributed by atoms with Crippen molar-refractivity contribution in [1.82, 2.24) is 4.57 Å². The van der Waals surface area contributed by atoms with E-state index in [4.69, 9.17) is 10.8 Å². The molecule has 0 saturated heterocycles. The Labute approximate surface area is 77.0 Å². The van der Waals surface area contributed by atoms with Gasteiger partial charge in [-0.1, -0.05) is 0 Å². The number of hydrogen-bond acceptors (Lipinski definition) is 2. The Kier molecular flexibility index (Phi) is 3.37. The fourth-order valence-corrected chi connectivity index (χ4v) is 1.19. The fourth-order valence-electron chi connectivity index (χ4n) is 1.19. The van der Waals surface area contributed by atoms with Crippen LogP contribution in [-0.2, 0) is 11.3 Å². The van der Waals surface area contributed by atoms with E-state index in [-0.39, 0.29) is 6.42 Å². The SMILES string of the molecule is Nc1cccn1CCCCC(=O)O. The van der Waals surface area contributed by atoms with Crippen LogP contribution in [0.15, 0.2) is 18.3 Å². The van der Waals surface area contributed by atoms with Crippen LogP contribution in [0.5, 0.6) is 0 Å². The molecule has 0 bridgehead atoms. The zero-order valence-electron chi connectivity index (χ0n) is 7.44. The Balaban J connectivity index is 2.20.